The zero-order valence-corrected chi connectivity index (χ0v) is 29.0. The van der Waals surface area contributed by atoms with E-state index in [1.54, 1.807) is 23.5 Å². The Kier molecular flexibility index (Phi) is 9.95. The summed E-state index contributed by atoms with van der Waals surface area (Å²) in [6.07, 6.45) is 3.72. The van der Waals surface area contributed by atoms with E-state index in [0.29, 0.717) is 69.4 Å². The monoisotopic (exact) mass is 682 g/mol. The molecule has 6 rings (SSSR count). The number of nitrogens with zero attached hydrogens (tertiary/aromatic N) is 4. The van der Waals surface area contributed by atoms with Crippen LogP contribution in [0.5, 0.6) is 5.88 Å². The molecule has 0 aliphatic carbocycles. The van der Waals surface area contributed by atoms with Crippen molar-refractivity contribution in [3.8, 4) is 5.88 Å². The third-order valence-corrected chi connectivity index (χ3v) is 11.3. The number of H-pyrrole nitrogens is 2. The summed E-state index contributed by atoms with van der Waals surface area (Å²) in [5.41, 5.74) is 6.85. The molecular weight excluding hydrogens is 649 g/mol. The van der Waals surface area contributed by atoms with Gasteiger partial charge in [0.2, 0.25) is 5.88 Å². The lowest BCUT2D eigenvalue weighted by molar-refractivity contribution is 0.132. The number of hydrogen-bond donors (Lipinski definition) is 2. The minimum atomic E-state index is -0.383. The van der Waals surface area contributed by atoms with Gasteiger partial charge in [0, 0.05) is 41.1 Å². The molecule has 0 saturated heterocycles. The Morgan fingerprint density at radius 3 is 2.42 bits per heavy atom. The topological polar surface area (TPSA) is 136 Å². The molecule has 1 unspecified atom stereocenters. The van der Waals surface area contributed by atoms with Crippen LogP contribution in [0.3, 0.4) is 0 Å². The van der Waals surface area contributed by atoms with Gasteiger partial charge >= 0.3 is 0 Å². The van der Waals surface area contributed by atoms with Crippen molar-refractivity contribution in [3.05, 3.63) is 83.8 Å². The van der Waals surface area contributed by atoms with E-state index in [1.165, 1.54) is 23.5 Å². The number of thioether (sulfide) groups is 4. The van der Waals surface area contributed by atoms with Gasteiger partial charge in [-0.2, -0.15) is 4.98 Å². The number of nitrogens with one attached hydrogen (secondary N) is 2. The highest BCUT2D eigenvalue weighted by molar-refractivity contribution is 8.00. The fraction of sp³-hybridized carbons (Fsp3) is 0.419. The van der Waals surface area contributed by atoms with E-state index in [9.17, 15) is 9.59 Å². The van der Waals surface area contributed by atoms with E-state index in [-0.39, 0.29) is 17.2 Å². The third kappa shape index (κ3) is 6.99. The summed E-state index contributed by atoms with van der Waals surface area (Å²) in [7, 11) is 0. The molecular formula is C31H34N6O4S4. The predicted molar refractivity (Wildman–Crippen MR) is 180 cm³/mol. The van der Waals surface area contributed by atoms with Crippen LogP contribution in [0.2, 0.25) is 0 Å². The summed E-state index contributed by atoms with van der Waals surface area (Å²) >= 11 is 6.35. The summed E-state index contributed by atoms with van der Waals surface area (Å²) in [6.45, 7) is 11.2. The molecule has 45 heavy (non-hydrogen) atoms. The van der Waals surface area contributed by atoms with Crippen LogP contribution in [0.1, 0.15) is 71.5 Å². The Labute approximate surface area is 278 Å². The quantitative estimate of drug-likeness (QED) is 0.138. The van der Waals surface area contributed by atoms with Crippen LogP contribution in [0.15, 0.2) is 48.4 Å². The molecule has 14 heteroatoms. The van der Waals surface area contributed by atoms with Crippen molar-refractivity contribution in [2.75, 3.05) is 5.75 Å². The number of ether oxygens (including phenoxy) is 2. The van der Waals surface area contributed by atoms with Gasteiger partial charge in [-0.3, -0.25) is 9.59 Å². The number of fused-ring (bicyclic) bond motifs is 2. The number of rotatable bonds is 11. The predicted octanol–water partition coefficient (Wildman–Crippen LogP) is 6.16. The number of hydrogen-bond acceptors (Lipinski definition) is 12. The van der Waals surface area contributed by atoms with Crippen LogP contribution < -0.4 is 15.9 Å². The second kappa shape index (κ2) is 13.9. The average Bonchev–Trinajstić information content (AvgIpc) is 3.65. The molecule has 0 amide bonds. The van der Waals surface area contributed by atoms with Gasteiger partial charge in [0.05, 0.1) is 30.0 Å². The SMILES string of the molecule is CCSc1nccc(C)c1CSc1nc2c(c(=O)[nH]1)CC(c1cnc(SC(C)C)c(CSc3nc4c(c(=O)[nH]3)COC4)c1C)O2. The highest BCUT2D eigenvalue weighted by atomic mass is 32.2. The highest BCUT2D eigenvalue weighted by Crippen LogP contribution is 2.39. The zero-order chi connectivity index (χ0) is 31.7. The second-order valence-corrected chi connectivity index (χ2v) is 15.7. The van der Waals surface area contributed by atoms with Crippen LogP contribution >= 0.6 is 47.0 Å². The third-order valence-electron chi connectivity index (χ3n) is 7.56. The van der Waals surface area contributed by atoms with Crippen LogP contribution in [-0.4, -0.2) is 40.9 Å². The average molecular weight is 683 g/mol. The largest absolute Gasteiger partial charge is 0.469 e. The zero-order valence-electron chi connectivity index (χ0n) is 25.7. The molecule has 10 nitrogen and oxygen atoms in total. The van der Waals surface area contributed by atoms with E-state index in [2.05, 4.69) is 54.6 Å². The Hall–Kier alpha value is -2.78. The first-order valence-electron chi connectivity index (χ1n) is 14.7. The summed E-state index contributed by atoms with van der Waals surface area (Å²) < 4.78 is 11.8. The van der Waals surface area contributed by atoms with Gasteiger partial charge in [-0.05, 0) is 47.9 Å². The van der Waals surface area contributed by atoms with E-state index in [1.807, 2.05) is 18.5 Å². The Bertz CT molecular complexity index is 1860. The Balaban J connectivity index is 1.23. The van der Waals surface area contributed by atoms with Crippen LogP contribution in [0, 0.1) is 13.8 Å². The van der Waals surface area contributed by atoms with Gasteiger partial charge in [0.1, 0.15) is 16.2 Å². The number of aromatic amines is 2. The summed E-state index contributed by atoms with van der Waals surface area (Å²) in [5.74, 6) is 2.51. The molecule has 0 saturated carbocycles. The molecule has 2 aliphatic rings. The minimum absolute atomic E-state index is 0.149. The molecule has 0 aromatic carbocycles. The van der Waals surface area contributed by atoms with Crippen molar-refractivity contribution in [3.63, 3.8) is 0 Å². The summed E-state index contributed by atoms with van der Waals surface area (Å²) in [4.78, 5) is 50.3. The molecule has 6 heterocycles. The maximum Gasteiger partial charge on any atom is 0.258 e. The lowest BCUT2D eigenvalue weighted by atomic mass is 9.99. The molecule has 0 fully saturated rings. The Morgan fingerprint density at radius 2 is 1.67 bits per heavy atom. The van der Waals surface area contributed by atoms with Crippen molar-refractivity contribution >= 4 is 47.0 Å². The lowest BCUT2D eigenvalue weighted by Gasteiger charge is -2.19. The molecule has 0 bridgehead atoms. The van der Waals surface area contributed by atoms with Crippen LogP contribution in [0.25, 0.3) is 0 Å². The van der Waals surface area contributed by atoms with Gasteiger partial charge in [-0.1, -0.05) is 44.3 Å². The lowest BCUT2D eigenvalue weighted by Crippen LogP contribution is -2.15. The smallest absolute Gasteiger partial charge is 0.258 e. The number of aromatic nitrogens is 6. The molecule has 4 aromatic heterocycles. The van der Waals surface area contributed by atoms with Crippen molar-refractivity contribution in [2.24, 2.45) is 0 Å². The van der Waals surface area contributed by atoms with Crippen LogP contribution in [0.4, 0.5) is 0 Å². The number of pyridine rings is 2. The molecule has 0 spiro atoms. The molecule has 236 valence electrons. The van der Waals surface area contributed by atoms with Gasteiger partial charge < -0.3 is 19.4 Å². The van der Waals surface area contributed by atoms with Crippen molar-refractivity contribution in [1.29, 1.82) is 0 Å². The summed E-state index contributed by atoms with van der Waals surface area (Å²) in [5, 5.41) is 3.35. The Morgan fingerprint density at radius 1 is 0.933 bits per heavy atom. The first kappa shape index (κ1) is 32.2. The maximum absolute atomic E-state index is 13.2. The van der Waals surface area contributed by atoms with Crippen molar-refractivity contribution < 1.29 is 9.47 Å². The molecule has 1 atom stereocenters. The van der Waals surface area contributed by atoms with Crippen LogP contribution in [-0.2, 0) is 35.9 Å². The summed E-state index contributed by atoms with van der Waals surface area (Å²) in [6, 6.07) is 2.01. The van der Waals surface area contributed by atoms with Crippen molar-refractivity contribution in [1.82, 2.24) is 29.9 Å². The van der Waals surface area contributed by atoms with E-state index in [0.717, 1.165) is 43.6 Å². The van der Waals surface area contributed by atoms with Crippen molar-refractivity contribution in [2.45, 2.75) is 97.5 Å². The van der Waals surface area contributed by atoms with Gasteiger partial charge in [0.25, 0.3) is 11.1 Å². The molecule has 2 aliphatic heterocycles. The minimum Gasteiger partial charge on any atom is -0.469 e. The highest BCUT2D eigenvalue weighted by Gasteiger charge is 2.32. The van der Waals surface area contributed by atoms with E-state index < -0.39 is 0 Å². The van der Waals surface area contributed by atoms with Gasteiger partial charge in [-0.15, -0.1) is 23.5 Å². The molecule has 0 radical (unpaired) electrons. The van der Waals surface area contributed by atoms with Gasteiger partial charge in [-0.25, -0.2) is 15.0 Å². The maximum atomic E-state index is 13.2. The van der Waals surface area contributed by atoms with E-state index >= 15 is 0 Å². The molecule has 2 N–H and O–H groups in total. The van der Waals surface area contributed by atoms with E-state index in [4.69, 9.17) is 19.4 Å². The second-order valence-electron chi connectivity index (χ2n) is 11.0. The molecule has 4 aromatic rings. The van der Waals surface area contributed by atoms with Gasteiger partial charge in [0.15, 0.2) is 10.3 Å². The first-order chi connectivity index (χ1) is 21.7. The first-order valence-corrected chi connectivity index (χ1v) is 18.5. The standard InChI is InChI=1S/C31H34N6O4S4/c1-6-42-28-21(16(4)7-8-32-28)13-43-31-35-25(38)18-9-24(41-27(18)37-31)19-10-33-29(45-15(2)3)22(17(19)5)14-44-30-34-23-12-40-11-20(23)26(39)36-30/h7-8,10,15,24H,6,9,11-14H2,1-5H3,(H,34,36,39)(H,35,37,38). The number of aryl methyl sites for hydroxylation is 1. The fourth-order valence-corrected chi connectivity index (χ4v) is 9.04. The fourth-order valence-electron chi connectivity index (χ4n) is 5.19. The normalized spacial score (nSPS) is 15.4.